The molecular weight excluding hydrogens is 637 g/mol. The highest BCUT2D eigenvalue weighted by molar-refractivity contribution is 7.22. The molecule has 0 aliphatic carbocycles. The number of aromatic nitrogens is 3. The lowest BCUT2D eigenvalue weighted by Gasteiger charge is -2.34. The van der Waals surface area contributed by atoms with E-state index in [1.54, 1.807) is 6.07 Å². The highest BCUT2D eigenvalue weighted by atomic mass is 35.5. The summed E-state index contributed by atoms with van der Waals surface area (Å²) in [6.07, 6.45) is -1.52. The van der Waals surface area contributed by atoms with Crippen molar-refractivity contribution in [1.82, 2.24) is 25.2 Å². The molecule has 2 aromatic heterocycles. The number of thiazole rings is 1. The summed E-state index contributed by atoms with van der Waals surface area (Å²) in [5.41, 5.74) is 4.21. The number of piperazine rings is 1. The molecule has 2 aromatic carbocycles. The average molecular weight is 666 g/mol. The molecule has 0 radical (unpaired) electrons. The molecule has 4 aliphatic heterocycles. The van der Waals surface area contributed by atoms with Crippen molar-refractivity contribution in [3.63, 3.8) is 0 Å². The first-order valence-electron chi connectivity index (χ1n) is 15.0. The maximum absolute atomic E-state index is 16.8. The Labute approximate surface area is 263 Å². The standard InChI is InChI=1S/C30H29ClF5N7OS/c31-20-8-18-23(22(33)21(20)17-4-5-19(30(34,35)36)25-24(17)39-27(37)45-25)40-28(41-26(18)42-11-15-2-3-16(12-42)38-15)44-13-29-6-1-7-43(29)10-14(32)9-29/h4-5,8,14-16,38H,1-3,6-7,9-13H2,(H2,37,39)/t14-,15?,16?,29+/m1/s1. The number of hydrogen-bond donors (Lipinski definition) is 2. The number of ether oxygens (including phenoxy) is 1. The number of rotatable bonds is 5. The Bertz CT molecular complexity index is 1830. The van der Waals surface area contributed by atoms with Crippen molar-refractivity contribution in [3.05, 3.63) is 34.6 Å². The number of hydrogen-bond acceptors (Lipinski definition) is 9. The van der Waals surface area contributed by atoms with Gasteiger partial charge in [0.05, 0.1) is 26.3 Å². The van der Waals surface area contributed by atoms with Gasteiger partial charge in [0.25, 0.3) is 0 Å². The molecule has 45 heavy (non-hydrogen) atoms. The molecule has 8 nitrogen and oxygen atoms in total. The third kappa shape index (κ3) is 4.86. The van der Waals surface area contributed by atoms with E-state index in [1.165, 1.54) is 0 Å². The Balaban J connectivity index is 1.27. The Hall–Kier alpha value is -3.07. The first-order valence-corrected chi connectivity index (χ1v) is 16.2. The average Bonchev–Trinajstić information content (AvgIpc) is 3.72. The zero-order valence-electron chi connectivity index (χ0n) is 23.9. The minimum atomic E-state index is -4.66. The molecule has 6 heterocycles. The van der Waals surface area contributed by atoms with E-state index in [4.69, 9.17) is 27.1 Å². The van der Waals surface area contributed by atoms with Crippen LogP contribution in [0.5, 0.6) is 6.01 Å². The Morgan fingerprint density at radius 2 is 1.89 bits per heavy atom. The first-order chi connectivity index (χ1) is 21.5. The molecule has 15 heteroatoms. The second-order valence-electron chi connectivity index (χ2n) is 12.6. The number of anilines is 2. The lowest BCUT2D eigenvalue weighted by molar-refractivity contribution is -0.136. The third-order valence-corrected chi connectivity index (χ3v) is 10.9. The lowest BCUT2D eigenvalue weighted by Crippen LogP contribution is -2.51. The number of fused-ring (bicyclic) bond motifs is 5. The summed E-state index contributed by atoms with van der Waals surface area (Å²) < 4.78 is 78.6. The van der Waals surface area contributed by atoms with Crippen LogP contribution < -0.4 is 20.7 Å². The molecule has 4 saturated heterocycles. The summed E-state index contributed by atoms with van der Waals surface area (Å²) in [7, 11) is 0. The van der Waals surface area contributed by atoms with Crippen molar-refractivity contribution in [2.24, 2.45) is 0 Å². The third-order valence-electron chi connectivity index (χ3n) is 9.72. The molecule has 2 unspecified atom stereocenters. The van der Waals surface area contributed by atoms with Crippen molar-refractivity contribution in [2.45, 2.75) is 62.1 Å². The summed E-state index contributed by atoms with van der Waals surface area (Å²) in [6.45, 7) is 2.58. The van der Waals surface area contributed by atoms with Crippen molar-refractivity contribution < 1.29 is 26.7 Å². The molecule has 3 N–H and O–H groups in total. The number of nitrogen functional groups attached to an aromatic ring is 1. The van der Waals surface area contributed by atoms with Gasteiger partial charge in [-0.1, -0.05) is 29.0 Å². The van der Waals surface area contributed by atoms with Gasteiger partial charge in [-0.25, -0.2) is 13.8 Å². The molecule has 4 atom stereocenters. The topological polar surface area (TPSA) is 92.4 Å². The molecule has 238 valence electrons. The Kier molecular flexibility index (Phi) is 6.83. The second kappa shape index (κ2) is 10.5. The molecule has 2 bridgehead atoms. The SMILES string of the molecule is Nc1nc2c(-c3c(Cl)cc4c(N5CC6CCC(C5)N6)nc(OC[C@@]56CCCN5C[C@H](F)C6)nc4c3F)ccc(C(F)(F)F)c2s1. The van der Waals surface area contributed by atoms with Crippen LogP contribution >= 0.6 is 22.9 Å². The second-order valence-corrected chi connectivity index (χ2v) is 14.0. The fraction of sp³-hybridized carbons (Fsp3) is 0.500. The van der Waals surface area contributed by atoms with Crippen molar-refractivity contribution >= 4 is 55.0 Å². The lowest BCUT2D eigenvalue weighted by atomic mass is 9.95. The van der Waals surface area contributed by atoms with Crippen molar-refractivity contribution in [1.29, 1.82) is 0 Å². The normalized spacial score (nSPS) is 26.8. The number of alkyl halides is 4. The molecule has 0 spiro atoms. The van der Waals surface area contributed by atoms with E-state index < -0.39 is 29.3 Å². The number of nitrogens with two attached hydrogens (primary N) is 1. The van der Waals surface area contributed by atoms with Crippen LogP contribution in [0, 0.1) is 5.82 Å². The zero-order chi connectivity index (χ0) is 31.2. The number of benzene rings is 2. The summed E-state index contributed by atoms with van der Waals surface area (Å²) in [5.74, 6) is -0.367. The molecule has 4 aliphatic rings. The van der Waals surface area contributed by atoms with Crippen LogP contribution in [0.1, 0.15) is 37.7 Å². The summed E-state index contributed by atoms with van der Waals surface area (Å²) >= 11 is 7.42. The number of nitrogens with one attached hydrogen (secondary N) is 1. The van der Waals surface area contributed by atoms with Gasteiger partial charge in [-0.3, -0.25) is 4.90 Å². The first kappa shape index (κ1) is 29.3. The van der Waals surface area contributed by atoms with Gasteiger partial charge in [0, 0.05) is 54.7 Å². The van der Waals surface area contributed by atoms with Crippen LogP contribution in [0.15, 0.2) is 18.2 Å². The molecule has 0 amide bonds. The summed E-state index contributed by atoms with van der Waals surface area (Å²) in [6, 6.07) is 4.06. The van der Waals surface area contributed by atoms with E-state index in [2.05, 4.69) is 25.1 Å². The number of halogens is 6. The van der Waals surface area contributed by atoms with Crippen LogP contribution in [0.4, 0.5) is 32.9 Å². The molecule has 8 rings (SSSR count). The van der Waals surface area contributed by atoms with Crippen LogP contribution in [-0.4, -0.2) is 76.4 Å². The van der Waals surface area contributed by atoms with Crippen LogP contribution in [0.25, 0.3) is 32.2 Å². The monoisotopic (exact) mass is 665 g/mol. The fourth-order valence-electron chi connectivity index (χ4n) is 7.78. The van der Waals surface area contributed by atoms with Gasteiger partial charge in [-0.2, -0.15) is 23.1 Å². The minimum Gasteiger partial charge on any atom is -0.461 e. The molecule has 0 saturated carbocycles. The largest absolute Gasteiger partial charge is 0.461 e. The molecule has 4 fully saturated rings. The van der Waals surface area contributed by atoms with E-state index in [0.717, 1.165) is 44.4 Å². The maximum Gasteiger partial charge on any atom is 0.417 e. The zero-order valence-corrected chi connectivity index (χ0v) is 25.5. The summed E-state index contributed by atoms with van der Waals surface area (Å²) in [5, 5.41) is 3.83. The van der Waals surface area contributed by atoms with E-state index in [9.17, 15) is 17.6 Å². The summed E-state index contributed by atoms with van der Waals surface area (Å²) in [4.78, 5) is 17.6. The molecule has 4 aromatic rings. The van der Waals surface area contributed by atoms with Gasteiger partial charge in [0.2, 0.25) is 0 Å². The van der Waals surface area contributed by atoms with Gasteiger partial charge in [0.1, 0.15) is 24.1 Å². The van der Waals surface area contributed by atoms with Crippen LogP contribution in [0.2, 0.25) is 5.02 Å². The highest BCUT2D eigenvalue weighted by Crippen LogP contribution is 2.46. The van der Waals surface area contributed by atoms with Gasteiger partial charge in [0.15, 0.2) is 10.9 Å². The van der Waals surface area contributed by atoms with E-state index >= 15 is 4.39 Å². The van der Waals surface area contributed by atoms with Crippen LogP contribution in [-0.2, 0) is 6.18 Å². The van der Waals surface area contributed by atoms with Crippen molar-refractivity contribution in [2.75, 3.05) is 43.4 Å². The van der Waals surface area contributed by atoms with Gasteiger partial charge in [-0.05, 0) is 44.4 Å². The van der Waals surface area contributed by atoms with E-state index in [0.29, 0.717) is 48.6 Å². The smallest absolute Gasteiger partial charge is 0.417 e. The minimum absolute atomic E-state index is 0.0234. The van der Waals surface area contributed by atoms with Gasteiger partial charge >= 0.3 is 12.2 Å². The Morgan fingerprint density at radius 3 is 2.64 bits per heavy atom. The molecular formula is C30H29ClF5N7OS. The van der Waals surface area contributed by atoms with Gasteiger partial charge in [-0.15, -0.1) is 0 Å². The predicted octanol–water partition coefficient (Wildman–Crippen LogP) is 6.20. The van der Waals surface area contributed by atoms with Crippen LogP contribution in [0.3, 0.4) is 0 Å². The van der Waals surface area contributed by atoms with Crippen molar-refractivity contribution in [3.8, 4) is 17.1 Å². The number of nitrogens with zero attached hydrogens (tertiary/aromatic N) is 5. The van der Waals surface area contributed by atoms with Gasteiger partial charge < -0.3 is 20.7 Å². The quantitative estimate of drug-likeness (QED) is 0.244. The highest BCUT2D eigenvalue weighted by Gasteiger charge is 2.49. The predicted molar refractivity (Wildman–Crippen MR) is 163 cm³/mol. The van der Waals surface area contributed by atoms with E-state index in [1.807, 2.05) is 0 Å². The Morgan fingerprint density at radius 1 is 1.11 bits per heavy atom. The maximum atomic E-state index is 16.8. The van der Waals surface area contributed by atoms with E-state index in [-0.39, 0.29) is 61.7 Å². The fourth-order valence-corrected chi connectivity index (χ4v) is 8.96.